The monoisotopic (exact) mass is 271 g/mol. The van der Waals surface area contributed by atoms with E-state index in [9.17, 15) is 10.1 Å². The number of esters is 1. The summed E-state index contributed by atoms with van der Waals surface area (Å²) in [5, 5.41) is 9.21. The van der Waals surface area contributed by atoms with E-state index >= 15 is 0 Å². The summed E-state index contributed by atoms with van der Waals surface area (Å²) >= 11 is 0. The molecule has 0 saturated carbocycles. The predicted molar refractivity (Wildman–Crippen MR) is 78.7 cm³/mol. The summed E-state index contributed by atoms with van der Waals surface area (Å²) in [6, 6.07) is 11.5. The van der Waals surface area contributed by atoms with Gasteiger partial charge in [0.1, 0.15) is 18.2 Å². The molecule has 0 spiro atoms. The van der Waals surface area contributed by atoms with Gasteiger partial charge in [0.25, 0.3) is 0 Å². The Bertz CT molecular complexity index is 489. The van der Waals surface area contributed by atoms with Crippen molar-refractivity contribution in [3.63, 3.8) is 0 Å². The summed E-state index contributed by atoms with van der Waals surface area (Å²) in [6.45, 7) is 4.29. The average molecular weight is 271 g/mol. The van der Waals surface area contributed by atoms with Gasteiger partial charge in [-0.05, 0) is 24.0 Å². The van der Waals surface area contributed by atoms with Gasteiger partial charge in [-0.15, -0.1) is 0 Å². The Morgan fingerprint density at radius 3 is 2.25 bits per heavy atom. The van der Waals surface area contributed by atoms with E-state index in [2.05, 4.69) is 0 Å². The Morgan fingerprint density at radius 2 is 1.75 bits per heavy atom. The van der Waals surface area contributed by atoms with Crippen LogP contribution in [0.15, 0.2) is 41.5 Å². The molecule has 20 heavy (non-hydrogen) atoms. The molecule has 0 aliphatic carbocycles. The fourth-order valence-corrected chi connectivity index (χ4v) is 2.04. The SMILES string of the molecule is CCCC(CCC)=C(C#N)C(=O)OCc1ccccc1. The van der Waals surface area contributed by atoms with Gasteiger partial charge in [-0.1, -0.05) is 57.0 Å². The van der Waals surface area contributed by atoms with Crippen LogP contribution in [0.5, 0.6) is 0 Å². The highest BCUT2D eigenvalue weighted by molar-refractivity contribution is 5.93. The predicted octanol–water partition coefficient (Wildman–Crippen LogP) is 4.15. The molecule has 0 unspecified atom stereocenters. The summed E-state index contributed by atoms with van der Waals surface area (Å²) < 4.78 is 5.24. The Balaban J connectivity index is 2.76. The summed E-state index contributed by atoms with van der Waals surface area (Å²) in [4.78, 5) is 12.0. The first-order valence-corrected chi connectivity index (χ1v) is 7.06. The fraction of sp³-hybridized carbons (Fsp3) is 0.412. The first-order valence-electron chi connectivity index (χ1n) is 7.06. The van der Waals surface area contributed by atoms with Crippen LogP contribution in [0.3, 0.4) is 0 Å². The smallest absolute Gasteiger partial charge is 0.349 e. The molecule has 0 saturated heterocycles. The third kappa shape index (κ3) is 4.89. The maximum Gasteiger partial charge on any atom is 0.349 e. The van der Waals surface area contributed by atoms with Crippen LogP contribution >= 0.6 is 0 Å². The van der Waals surface area contributed by atoms with Crippen LogP contribution < -0.4 is 0 Å². The van der Waals surface area contributed by atoms with Gasteiger partial charge in [0.15, 0.2) is 0 Å². The second-order valence-corrected chi connectivity index (χ2v) is 4.65. The van der Waals surface area contributed by atoms with E-state index in [-0.39, 0.29) is 12.2 Å². The van der Waals surface area contributed by atoms with Crippen LogP contribution in [0.4, 0.5) is 0 Å². The van der Waals surface area contributed by atoms with Gasteiger partial charge in [-0.25, -0.2) is 4.79 Å². The van der Waals surface area contributed by atoms with E-state index in [1.807, 2.05) is 50.2 Å². The van der Waals surface area contributed by atoms with E-state index in [1.54, 1.807) is 0 Å². The van der Waals surface area contributed by atoms with Crippen molar-refractivity contribution in [3.8, 4) is 6.07 Å². The van der Waals surface area contributed by atoms with Crippen molar-refractivity contribution in [3.05, 3.63) is 47.0 Å². The minimum atomic E-state index is -0.506. The van der Waals surface area contributed by atoms with Crippen LogP contribution in [0.1, 0.15) is 45.1 Å². The molecule has 0 aliphatic heterocycles. The van der Waals surface area contributed by atoms with E-state index in [4.69, 9.17) is 4.74 Å². The largest absolute Gasteiger partial charge is 0.457 e. The molecule has 0 N–H and O–H groups in total. The highest BCUT2D eigenvalue weighted by atomic mass is 16.5. The van der Waals surface area contributed by atoms with Crippen molar-refractivity contribution in [2.75, 3.05) is 0 Å². The van der Waals surface area contributed by atoms with Gasteiger partial charge in [0.2, 0.25) is 0 Å². The minimum absolute atomic E-state index is 0.185. The Morgan fingerprint density at radius 1 is 1.15 bits per heavy atom. The molecule has 1 aromatic rings. The number of nitriles is 1. The number of allylic oxidation sites excluding steroid dienone is 1. The van der Waals surface area contributed by atoms with Crippen molar-refractivity contribution in [1.29, 1.82) is 5.26 Å². The van der Waals surface area contributed by atoms with Gasteiger partial charge >= 0.3 is 5.97 Å². The lowest BCUT2D eigenvalue weighted by atomic mass is 10.00. The fourth-order valence-electron chi connectivity index (χ4n) is 2.04. The number of nitrogens with zero attached hydrogens (tertiary/aromatic N) is 1. The number of rotatable bonds is 7. The molecule has 106 valence electrons. The van der Waals surface area contributed by atoms with Crippen LogP contribution in [0.25, 0.3) is 0 Å². The normalized spacial score (nSPS) is 9.65. The number of benzene rings is 1. The molecule has 0 atom stereocenters. The summed E-state index contributed by atoms with van der Waals surface area (Å²) in [7, 11) is 0. The quantitative estimate of drug-likeness (QED) is 0.425. The Kier molecular flexibility index (Phi) is 7.13. The topological polar surface area (TPSA) is 50.1 Å². The van der Waals surface area contributed by atoms with E-state index in [1.165, 1.54) is 0 Å². The molecule has 0 aromatic heterocycles. The van der Waals surface area contributed by atoms with Gasteiger partial charge in [-0.2, -0.15) is 5.26 Å². The Hall–Kier alpha value is -2.08. The molecule has 1 rings (SSSR count). The number of carbonyl (C=O) groups excluding carboxylic acids is 1. The molecule has 0 fully saturated rings. The molecule has 0 bridgehead atoms. The van der Waals surface area contributed by atoms with Crippen LogP contribution in [0.2, 0.25) is 0 Å². The van der Waals surface area contributed by atoms with Crippen molar-refractivity contribution in [2.24, 2.45) is 0 Å². The van der Waals surface area contributed by atoms with Crippen LogP contribution in [0, 0.1) is 11.3 Å². The molecule has 0 heterocycles. The zero-order valence-corrected chi connectivity index (χ0v) is 12.2. The lowest BCUT2D eigenvalue weighted by molar-refractivity contribution is -0.139. The molecular formula is C17H21NO2. The molecule has 3 heteroatoms. The van der Waals surface area contributed by atoms with Crippen molar-refractivity contribution < 1.29 is 9.53 Å². The number of ether oxygens (including phenoxy) is 1. The van der Waals surface area contributed by atoms with Crippen molar-refractivity contribution >= 4 is 5.97 Å². The maximum absolute atomic E-state index is 12.0. The lowest BCUT2D eigenvalue weighted by Gasteiger charge is -2.09. The highest BCUT2D eigenvalue weighted by Gasteiger charge is 2.16. The third-order valence-corrected chi connectivity index (χ3v) is 2.99. The standard InChI is InChI=1S/C17H21NO2/c1-3-8-15(9-4-2)16(12-18)17(19)20-13-14-10-6-5-7-11-14/h5-7,10-11H,3-4,8-9,13H2,1-2H3. The summed E-state index contributed by atoms with van der Waals surface area (Å²) in [5.74, 6) is -0.506. The molecular weight excluding hydrogens is 250 g/mol. The van der Waals surface area contributed by atoms with Crippen LogP contribution in [-0.2, 0) is 16.1 Å². The zero-order valence-electron chi connectivity index (χ0n) is 12.2. The van der Waals surface area contributed by atoms with Gasteiger partial charge < -0.3 is 4.74 Å². The van der Waals surface area contributed by atoms with Crippen molar-refractivity contribution in [2.45, 2.75) is 46.1 Å². The third-order valence-electron chi connectivity index (χ3n) is 2.99. The van der Waals surface area contributed by atoms with E-state index in [0.29, 0.717) is 0 Å². The summed E-state index contributed by atoms with van der Waals surface area (Å²) in [5.41, 5.74) is 2.02. The first kappa shape index (κ1) is 16.0. The summed E-state index contributed by atoms with van der Waals surface area (Å²) in [6.07, 6.45) is 3.40. The maximum atomic E-state index is 12.0. The van der Waals surface area contributed by atoms with E-state index < -0.39 is 5.97 Å². The van der Waals surface area contributed by atoms with Crippen molar-refractivity contribution in [1.82, 2.24) is 0 Å². The molecule has 0 radical (unpaired) electrons. The number of hydrogen-bond acceptors (Lipinski definition) is 3. The zero-order chi connectivity index (χ0) is 14.8. The molecule has 3 nitrogen and oxygen atoms in total. The average Bonchev–Trinajstić information content (AvgIpc) is 2.47. The minimum Gasteiger partial charge on any atom is -0.457 e. The van der Waals surface area contributed by atoms with Gasteiger partial charge in [0, 0.05) is 0 Å². The van der Waals surface area contributed by atoms with E-state index in [0.717, 1.165) is 36.8 Å². The lowest BCUT2D eigenvalue weighted by Crippen LogP contribution is -2.09. The second-order valence-electron chi connectivity index (χ2n) is 4.65. The van der Waals surface area contributed by atoms with Crippen LogP contribution in [-0.4, -0.2) is 5.97 Å². The Labute approximate surface area is 120 Å². The number of hydrogen-bond donors (Lipinski definition) is 0. The number of carbonyl (C=O) groups is 1. The molecule has 0 aliphatic rings. The first-order chi connectivity index (χ1) is 9.72. The van der Waals surface area contributed by atoms with Gasteiger partial charge in [0.05, 0.1) is 0 Å². The second kappa shape index (κ2) is 8.92. The molecule has 0 amide bonds. The van der Waals surface area contributed by atoms with Gasteiger partial charge in [-0.3, -0.25) is 0 Å². The molecule has 1 aromatic carbocycles. The highest BCUT2D eigenvalue weighted by Crippen LogP contribution is 2.18.